The van der Waals surface area contributed by atoms with Gasteiger partial charge in [-0.05, 0) is 26.2 Å². The zero-order valence-electron chi connectivity index (χ0n) is 13.3. The van der Waals surface area contributed by atoms with Gasteiger partial charge in [0.15, 0.2) is 0 Å². The van der Waals surface area contributed by atoms with Gasteiger partial charge in [-0.15, -0.1) is 0 Å². The number of hydrogen-bond donors (Lipinski definition) is 0. The molecule has 1 amide bonds. The van der Waals surface area contributed by atoms with Gasteiger partial charge < -0.3 is 9.64 Å². The third-order valence-electron chi connectivity index (χ3n) is 4.18. The second-order valence-corrected chi connectivity index (χ2v) is 5.86. The molecule has 0 aromatic rings. The van der Waals surface area contributed by atoms with Crippen LogP contribution >= 0.6 is 0 Å². The van der Waals surface area contributed by atoms with E-state index in [2.05, 4.69) is 13.0 Å². The summed E-state index contributed by atoms with van der Waals surface area (Å²) in [5.74, 6) is 0.0192. The van der Waals surface area contributed by atoms with E-state index in [-0.39, 0.29) is 18.1 Å². The van der Waals surface area contributed by atoms with Gasteiger partial charge in [0.05, 0.1) is 24.8 Å². The van der Waals surface area contributed by atoms with E-state index in [1.807, 2.05) is 25.7 Å². The number of carbonyl (C=O) groups excluding carboxylic acids is 1. The van der Waals surface area contributed by atoms with E-state index in [1.165, 1.54) is 0 Å². The largest absolute Gasteiger partial charge is 0.375 e. The fraction of sp³-hybridized carbons (Fsp3) is 0.875. The molecule has 4 nitrogen and oxygen atoms in total. The molecule has 0 spiro atoms. The molecule has 1 fully saturated rings. The molecule has 1 heterocycles. The normalized spacial score (nSPS) is 23.4. The van der Waals surface area contributed by atoms with Gasteiger partial charge in [-0.1, -0.05) is 33.6 Å². The predicted molar refractivity (Wildman–Crippen MR) is 79.1 cm³/mol. The van der Waals surface area contributed by atoms with Crippen molar-refractivity contribution in [1.82, 2.24) is 4.90 Å². The van der Waals surface area contributed by atoms with Crippen molar-refractivity contribution in [3.63, 3.8) is 0 Å². The lowest BCUT2D eigenvalue weighted by Crippen LogP contribution is -2.55. The third kappa shape index (κ3) is 3.52. The molecule has 0 N–H and O–H groups in total. The van der Waals surface area contributed by atoms with Gasteiger partial charge in [-0.2, -0.15) is 5.26 Å². The maximum atomic E-state index is 13.0. The minimum Gasteiger partial charge on any atom is -0.375 e. The van der Waals surface area contributed by atoms with Crippen LogP contribution < -0.4 is 0 Å². The number of nitrogens with zero attached hydrogens (tertiary/aromatic N) is 2. The van der Waals surface area contributed by atoms with Gasteiger partial charge in [-0.25, -0.2) is 0 Å². The van der Waals surface area contributed by atoms with Crippen LogP contribution in [0.3, 0.4) is 0 Å². The molecule has 0 saturated carbocycles. The van der Waals surface area contributed by atoms with Crippen molar-refractivity contribution < 1.29 is 9.53 Å². The summed E-state index contributed by atoms with van der Waals surface area (Å²) >= 11 is 0. The summed E-state index contributed by atoms with van der Waals surface area (Å²) in [4.78, 5) is 14.9. The van der Waals surface area contributed by atoms with E-state index in [0.717, 1.165) is 19.3 Å². The quantitative estimate of drug-likeness (QED) is 0.751. The number of carbonyl (C=O) groups is 1. The van der Waals surface area contributed by atoms with Crippen molar-refractivity contribution >= 4 is 5.91 Å². The molecular formula is C16H28N2O2. The summed E-state index contributed by atoms with van der Waals surface area (Å²) < 4.78 is 5.65. The minimum atomic E-state index is -0.839. The first-order valence-corrected chi connectivity index (χ1v) is 7.88. The monoisotopic (exact) mass is 280 g/mol. The number of ether oxygens (including phenoxy) is 1. The minimum absolute atomic E-state index is 0.0192. The Morgan fingerprint density at radius 3 is 2.40 bits per heavy atom. The highest BCUT2D eigenvalue weighted by Gasteiger charge is 2.43. The van der Waals surface area contributed by atoms with Crippen LogP contribution in [-0.4, -0.2) is 36.1 Å². The molecule has 1 rings (SSSR count). The number of morpholine rings is 1. The van der Waals surface area contributed by atoms with Gasteiger partial charge in [0.2, 0.25) is 5.91 Å². The number of hydrogen-bond acceptors (Lipinski definition) is 3. The highest BCUT2D eigenvalue weighted by atomic mass is 16.5. The first-order valence-electron chi connectivity index (χ1n) is 7.88. The SMILES string of the molecule is CCCC(C#N)(CCC)C(=O)N1CC(C)OCC1CC. The van der Waals surface area contributed by atoms with Crippen molar-refractivity contribution in [1.29, 1.82) is 5.26 Å². The summed E-state index contributed by atoms with van der Waals surface area (Å²) in [6, 6.07) is 2.45. The van der Waals surface area contributed by atoms with Gasteiger partial charge in [0.1, 0.15) is 5.41 Å². The van der Waals surface area contributed by atoms with E-state index in [4.69, 9.17) is 4.74 Å². The molecule has 0 aliphatic carbocycles. The lowest BCUT2D eigenvalue weighted by molar-refractivity contribution is -0.153. The number of rotatable bonds is 6. The van der Waals surface area contributed by atoms with Crippen LogP contribution in [0, 0.1) is 16.7 Å². The van der Waals surface area contributed by atoms with Crippen LogP contribution in [-0.2, 0) is 9.53 Å². The van der Waals surface area contributed by atoms with E-state index in [1.54, 1.807) is 0 Å². The molecule has 4 heteroatoms. The van der Waals surface area contributed by atoms with Crippen molar-refractivity contribution in [2.45, 2.75) is 71.9 Å². The second kappa shape index (κ2) is 7.64. The summed E-state index contributed by atoms with van der Waals surface area (Å²) in [7, 11) is 0. The van der Waals surface area contributed by atoms with Crippen molar-refractivity contribution in [3.05, 3.63) is 0 Å². The lowest BCUT2D eigenvalue weighted by atomic mass is 9.78. The summed E-state index contributed by atoms with van der Waals surface area (Å²) in [5.41, 5.74) is -0.839. The highest BCUT2D eigenvalue weighted by molar-refractivity contribution is 5.86. The van der Waals surface area contributed by atoms with Gasteiger partial charge in [0, 0.05) is 6.54 Å². The average molecular weight is 280 g/mol. The smallest absolute Gasteiger partial charge is 0.243 e. The van der Waals surface area contributed by atoms with E-state index in [0.29, 0.717) is 26.0 Å². The molecule has 1 aliphatic rings. The van der Waals surface area contributed by atoms with Crippen LogP contribution in [0.2, 0.25) is 0 Å². The lowest BCUT2D eigenvalue weighted by Gasteiger charge is -2.42. The number of amides is 1. The Labute approximate surface area is 123 Å². The van der Waals surface area contributed by atoms with E-state index >= 15 is 0 Å². The fourth-order valence-corrected chi connectivity index (χ4v) is 3.06. The molecule has 2 unspecified atom stereocenters. The maximum absolute atomic E-state index is 13.0. The Morgan fingerprint density at radius 1 is 1.35 bits per heavy atom. The zero-order valence-corrected chi connectivity index (χ0v) is 13.3. The Bertz CT molecular complexity index is 356. The van der Waals surface area contributed by atoms with E-state index in [9.17, 15) is 10.1 Å². The van der Waals surface area contributed by atoms with Crippen LogP contribution in [0.5, 0.6) is 0 Å². The first kappa shape index (κ1) is 17.0. The van der Waals surface area contributed by atoms with Gasteiger partial charge >= 0.3 is 0 Å². The highest BCUT2D eigenvalue weighted by Crippen LogP contribution is 2.33. The van der Waals surface area contributed by atoms with Crippen LogP contribution in [0.25, 0.3) is 0 Å². The molecule has 2 atom stereocenters. The molecule has 1 saturated heterocycles. The third-order valence-corrected chi connectivity index (χ3v) is 4.18. The standard InChI is InChI=1S/C16H28N2O2/c1-5-8-16(12-17,9-6-2)15(19)18-10-13(4)20-11-14(18)7-3/h13-14H,5-11H2,1-4H3. The van der Waals surface area contributed by atoms with Crippen LogP contribution in [0.1, 0.15) is 59.8 Å². The van der Waals surface area contributed by atoms with E-state index < -0.39 is 5.41 Å². The first-order chi connectivity index (χ1) is 9.54. The molecule has 0 radical (unpaired) electrons. The Hall–Kier alpha value is -1.08. The summed E-state index contributed by atoms with van der Waals surface area (Å²) in [6.45, 7) is 9.32. The zero-order chi connectivity index (χ0) is 15.2. The fourth-order valence-electron chi connectivity index (χ4n) is 3.06. The topological polar surface area (TPSA) is 53.3 Å². The van der Waals surface area contributed by atoms with Crippen molar-refractivity contribution in [2.24, 2.45) is 5.41 Å². The summed E-state index contributed by atoms with van der Waals surface area (Å²) in [5, 5.41) is 9.64. The molecule has 114 valence electrons. The molecular weight excluding hydrogens is 252 g/mol. The predicted octanol–water partition coefficient (Wildman–Crippen LogP) is 3.12. The van der Waals surface area contributed by atoms with Crippen LogP contribution in [0.4, 0.5) is 0 Å². The van der Waals surface area contributed by atoms with Crippen molar-refractivity contribution in [2.75, 3.05) is 13.2 Å². The molecule has 0 bridgehead atoms. The molecule has 1 aliphatic heterocycles. The molecule has 20 heavy (non-hydrogen) atoms. The summed E-state index contributed by atoms with van der Waals surface area (Å²) in [6.07, 6.45) is 3.95. The number of nitriles is 1. The Morgan fingerprint density at radius 2 is 1.95 bits per heavy atom. The Kier molecular flexibility index (Phi) is 6.48. The second-order valence-electron chi connectivity index (χ2n) is 5.86. The average Bonchev–Trinajstić information content (AvgIpc) is 2.46. The van der Waals surface area contributed by atoms with Crippen LogP contribution in [0.15, 0.2) is 0 Å². The maximum Gasteiger partial charge on any atom is 0.243 e. The molecule has 0 aromatic heterocycles. The van der Waals surface area contributed by atoms with Gasteiger partial charge in [-0.3, -0.25) is 4.79 Å². The van der Waals surface area contributed by atoms with Crippen molar-refractivity contribution in [3.8, 4) is 6.07 Å². The van der Waals surface area contributed by atoms with Gasteiger partial charge in [0.25, 0.3) is 0 Å². The molecule has 0 aromatic carbocycles. The Balaban J connectivity index is 2.99.